The quantitative estimate of drug-likeness (QED) is 0.739. The molecule has 5 heteroatoms. The number of hydrogen-bond donors (Lipinski definition) is 1. The zero-order valence-electron chi connectivity index (χ0n) is 11.2. The molecule has 18 heavy (non-hydrogen) atoms. The SMILES string of the molecule is CCc1nn(CC)c(CC(=O)CCCCN)c1Cl. The first-order valence-electron chi connectivity index (χ1n) is 6.59. The molecule has 102 valence electrons. The van der Waals surface area contributed by atoms with Crippen LogP contribution >= 0.6 is 11.6 Å². The van der Waals surface area contributed by atoms with Gasteiger partial charge in [-0.25, -0.2) is 0 Å². The van der Waals surface area contributed by atoms with Gasteiger partial charge in [-0.3, -0.25) is 9.48 Å². The van der Waals surface area contributed by atoms with Gasteiger partial charge in [0.05, 0.1) is 16.4 Å². The second-order valence-electron chi connectivity index (χ2n) is 4.34. The highest BCUT2D eigenvalue weighted by Crippen LogP contribution is 2.22. The van der Waals surface area contributed by atoms with Crippen LogP contribution in [-0.2, 0) is 24.2 Å². The van der Waals surface area contributed by atoms with Gasteiger partial charge in [0, 0.05) is 19.4 Å². The van der Waals surface area contributed by atoms with Crippen molar-refractivity contribution >= 4 is 17.4 Å². The Bertz CT molecular complexity index is 401. The molecular weight excluding hydrogens is 250 g/mol. The molecule has 1 aromatic heterocycles. The predicted molar refractivity (Wildman–Crippen MR) is 73.9 cm³/mol. The highest BCUT2D eigenvalue weighted by molar-refractivity contribution is 6.32. The molecule has 0 saturated heterocycles. The molecule has 1 aromatic rings. The lowest BCUT2D eigenvalue weighted by Crippen LogP contribution is -2.10. The Morgan fingerprint density at radius 2 is 2.11 bits per heavy atom. The molecule has 0 aliphatic rings. The number of rotatable bonds is 8. The van der Waals surface area contributed by atoms with E-state index in [-0.39, 0.29) is 5.78 Å². The standard InChI is InChI=1S/C13H22ClN3O/c1-3-11-13(14)12(17(4-2)16-11)9-10(18)7-5-6-8-15/h3-9,15H2,1-2H3. The van der Waals surface area contributed by atoms with Gasteiger partial charge in [-0.1, -0.05) is 18.5 Å². The number of carbonyl (C=O) groups is 1. The van der Waals surface area contributed by atoms with E-state index in [0.29, 0.717) is 24.4 Å². The summed E-state index contributed by atoms with van der Waals surface area (Å²) in [7, 11) is 0. The first-order chi connectivity index (χ1) is 8.63. The molecular formula is C13H22ClN3O. The van der Waals surface area contributed by atoms with E-state index in [1.165, 1.54) is 0 Å². The molecule has 1 heterocycles. The zero-order valence-corrected chi connectivity index (χ0v) is 12.0. The van der Waals surface area contributed by atoms with Crippen molar-refractivity contribution < 1.29 is 4.79 Å². The fourth-order valence-corrected chi connectivity index (χ4v) is 2.26. The van der Waals surface area contributed by atoms with Crippen LogP contribution in [0.5, 0.6) is 0 Å². The van der Waals surface area contributed by atoms with Crippen LogP contribution in [0.2, 0.25) is 5.02 Å². The van der Waals surface area contributed by atoms with Crippen LogP contribution < -0.4 is 5.73 Å². The molecule has 0 aromatic carbocycles. The van der Waals surface area contributed by atoms with Crippen LogP contribution in [0.4, 0.5) is 0 Å². The molecule has 0 atom stereocenters. The number of unbranched alkanes of at least 4 members (excludes halogenated alkanes) is 1. The molecule has 2 N–H and O–H groups in total. The van der Waals surface area contributed by atoms with Gasteiger partial charge in [0.2, 0.25) is 0 Å². The van der Waals surface area contributed by atoms with Crippen molar-refractivity contribution in [3.63, 3.8) is 0 Å². The maximum absolute atomic E-state index is 11.9. The molecule has 4 nitrogen and oxygen atoms in total. The third-order valence-corrected chi connectivity index (χ3v) is 3.40. The topological polar surface area (TPSA) is 60.9 Å². The molecule has 0 radical (unpaired) electrons. The van der Waals surface area contributed by atoms with Gasteiger partial charge >= 0.3 is 0 Å². The summed E-state index contributed by atoms with van der Waals surface area (Å²) in [4.78, 5) is 11.9. The number of nitrogens with zero attached hydrogens (tertiary/aromatic N) is 2. The maximum Gasteiger partial charge on any atom is 0.138 e. The zero-order chi connectivity index (χ0) is 13.5. The number of aryl methyl sites for hydroxylation is 2. The Hall–Kier alpha value is -0.870. The Balaban J connectivity index is 2.70. The molecule has 0 aliphatic carbocycles. The van der Waals surface area contributed by atoms with Gasteiger partial charge in [-0.05, 0) is 32.7 Å². The second-order valence-corrected chi connectivity index (χ2v) is 4.72. The van der Waals surface area contributed by atoms with Crippen LogP contribution in [0.3, 0.4) is 0 Å². The Morgan fingerprint density at radius 1 is 1.39 bits per heavy atom. The van der Waals surface area contributed by atoms with Gasteiger partial charge in [-0.2, -0.15) is 5.10 Å². The fraction of sp³-hybridized carbons (Fsp3) is 0.692. The van der Waals surface area contributed by atoms with E-state index in [4.69, 9.17) is 17.3 Å². The van der Waals surface area contributed by atoms with E-state index >= 15 is 0 Å². The lowest BCUT2D eigenvalue weighted by atomic mass is 10.1. The summed E-state index contributed by atoms with van der Waals surface area (Å²) >= 11 is 6.26. The van der Waals surface area contributed by atoms with Crippen molar-refractivity contribution in [2.45, 2.75) is 52.5 Å². The predicted octanol–water partition coefficient (Wildman–Crippen LogP) is 2.36. The summed E-state index contributed by atoms with van der Waals surface area (Å²) in [6, 6.07) is 0. The number of halogens is 1. The molecule has 0 amide bonds. The minimum Gasteiger partial charge on any atom is -0.330 e. The number of nitrogens with two attached hydrogens (primary N) is 1. The van der Waals surface area contributed by atoms with Crippen molar-refractivity contribution in [3.05, 3.63) is 16.4 Å². The molecule has 0 saturated carbocycles. The molecule has 0 unspecified atom stereocenters. The van der Waals surface area contributed by atoms with Crippen LogP contribution in [0, 0.1) is 0 Å². The molecule has 0 fully saturated rings. The highest BCUT2D eigenvalue weighted by atomic mass is 35.5. The third-order valence-electron chi connectivity index (χ3n) is 2.97. The monoisotopic (exact) mass is 271 g/mol. The number of Topliss-reactive ketones (excluding diaryl/α,β-unsaturated/α-hetero) is 1. The van der Waals surface area contributed by atoms with E-state index in [2.05, 4.69) is 5.10 Å². The van der Waals surface area contributed by atoms with Crippen LogP contribution in [0.25, 0.3) is 0 Å². The van der Waals surface area contributed by atoms with Crippen LogP contribution in [0.1, 0.15) is 44.5 Å². The van der Waals surface area contributed by atoms with Crippen molar-refractivity contribution in [1.29, 1.82) is 0 Å². The van der Waals surface area contributed by atoms with E-state index in [1.807, 2.05) is 18.5 Å². The van der Waals surface area contributed by atoms with E-state index in [0.717, 1.165) is 37.2 Å². The normalized spacial score (nSPS) is 10.9. The first kappa shape index (κ1) is 15.2. The van der Waals surface area contributed by atoms with Crippen LogP contribution in [-0.4, -0.2) is 22.1 Å². The van der Waals surface area contributed by atoms with E-state index in [9.17, 15) is 4.79 Å². The van der Waals surface area contributed by atoms with Gasteiger partial charge in [0.25, 0.3) is 0 Å². The number of hydrogen-bond acceptors (Lipinski definition) is 3. The fourth-order valence-electron chi connectivity index (χ4n) is 1.93. The largest absolute Gasteiger partial charge is 0.330 e. The molecule has 0 spiro atoms. The summed E-state index contributed by atoms with van der Waals surface area (Å²) in [5.74, 6) is 0.211. The van der Waals surface area contributed by atoms with Crippen molar-refractivity contribution in [2.24, 2.45) is 5.73 Å². The summed E-state index contributed by atoms with van der Waals surface area (Å²) in [5, 5.41) is 5.07. The summed E-state index contributed by atoms with van der Waals surface area (Å²) < 4.78 is 1.84. The average molecular weight is 272 g/mol. The lowest BCUT2D eigenvalue weighted by Gasteiger charge is -2.04. The molecule has 0 bridgehead atoms. The minimum atomic E-state index is 0.211. The lowest BCUT2D eigenvalue weighted by molar-refractivity contribution is -0.118. The van der Waals surface area contributed by atoms with Gasteiger partial charge in [0.1, 0.15) is 5.78 Å². The summed E-state index contributed by atoms with van der Waals surface area (Å²) in [6.07, 6.45) is 3.49. The van der Waals surface area contributed by atoms with Gasteiger partial charge < -0.3 is 5.73 Å². The molecule has 1 rings (SSSR count). The Labute approximate surface area is 113 Å². The Kier molecular flexibility index (Phi) is 6.36. The number of carbonyl (C=O) groups excluding carboxylic acids is 1. The summed E-state index contributed by atoms with van der Waals surface area (Å²) in [5.41, 5.74) is 7.15. The van der Waals surface area contributed by atoms with Crippen molar-refractivity contribution in [3.8, 4) is 0 Å². The van der Waals surface area contributed by atoms with Crippen molar-refractivity contribution in [2.75, 3.05) is 6.54 Å². The van der Waals surface area contributed by atoms with Gasteiger partial charge in [-0.15, -0.1) is 0 Å². The minimum absolute atomic E-state index is 0.211. The molecule has 0 aliphatic heterocycles. The number of aromatic nitrogens is 2. The average Bonchev–Trinajstić information content (AvgIpc) is 2.66. The van der Waals surface area contributed by atoms with Gasteiger partial charge in [0.15, 0.2) is 0 Å². The van der Waals surface area contributed by atoms with E-state index in [1.54, 1.807) is 0 Å². The third kappa shape index (κ3) is 3.82. The maximum atomic E-state index is 11.9. The second kappa shape index (κ2) is 7.54. The number of ketones is 1. The highest BCUT2D eigenvalue weighted by Gasteiger charge is 2.16. The summed E-state index contributed by atoms with van der Waals surface area (Å²) in [6.45, 7) is 5.40. The van der Waals surface area contributed by atoms with E-state index < -0.39 is 0 Å². The van der Waals surface area contributed by atoms with Crippen LogP contribution in [0.15, 0.2) is 0 Å². The first-order valence-corrected chi connectivity index (χ1v) is 6.97. The Morgan fingerprint density at radius 3 is 2.67 bits per heavy atom. The van der Waals surface area contributed by atoms with Crippen molar-refractivity contribution in [1.82, 2.24) is 9.78 Å². The smallest absolute Gasteiger partial charge is 0.138 e.